The van der Waals surface area contributed by atoms with Gasteiger partial charge in [0.25, 0.3) is 0 Å². The molecule has 0 unspecified atom stereocenters. The van der Waals surface area contributed by atoms with E-state index in [4.69, 9.17) is 0 Å². The normalized spacial score (nSPS) is 11.4. The Balaban J connectivity index is 1.54. The second-order valence-electron chi connectivity index (χ2n) is 6.16. The summed E-state index contributed by atoms with van der Waals surface area (Å²) in [6, 6.07) is 12.7. The Morgan fingerprint density at radius 3 is 2.37 bits per heavy atom. The quantitative estimate of drug-likeness (QED) is 0.666. The van der Waals surface area contributed by atoms with E-state index >= 15 is 0 Å². The predicted molar refractivity (Wildman–Crippen MR) is 99.3 cm³/mol. The van der Waals surface area contributed by atoms with Crippen LogP contribution >= 0.6 is 11.3 Å². The Bertz CT molecular complexity index is 916. The van der Waals surface area contributed by atoms with Gasteiger partial charge in [-0.1, -0.05) is 42.0 Å². The molecule has 140 valence electrons. The number of benzene rings is 2. The minimum absolute atomic E-state index is 0.128. The third kappa shape index (κ3) is 5.17. The van der Waals surface area contributed by atoms with E-state index in [1.54, 1.807) is 0 Å². The minimum atomic E-state index is -4.36. The topological polar surface area (TPSA) is 42.0 Å². The largest absolute Gasteiger partial charge is 0.416 e. The van der Waals surface area contributed by atoms with Crippen LogP contribution in [0.25, 0.3) is 10.6 Å². The first-order chi connectivity index (χ1) is 12.8. The summed E-state index contributed by atoms with van der Waals surface area (Å²) >= 11 is 1.47. The zero-order valence-electron chi connectivity index (χ0n) is 14.5. The summed E-state index contributed by atoms with van der Waals surface area (Å²) in [6.45, 7) is 2.18. The molecule has 27 heavy (non-hydrogen) atoms. The zero-order valence-corrected chi connectivity index (χ0v) is 15.3. The van der Waals surface area contributed by atoms with Crippen molar-refractivity contribution < 1.29 is 18.0 Å². The van der Waals surface area contributed by atoms with E-state index in [0.717, 1.165) is 28.3 Å². The average molecular weight is 390 g/mol. The highest BCUT2D eigenvalue weighted by Crippen LogP contribution is 2.29. The van der Waals surface area contributed by atoms with Crippen molar-refractivity contribution in [3.63, 3.8) is 0 Å². The number of hydrogen-bond acceptors (Lipinski definition) is 3. The zero-order chi connectivity index (χ0) is 19.4. The van der Waals surface area contributed by atoms with Gasteiger partial charge in [0.05, 0.1) is 17.7 Å². The van der Waals surface area contributed by atoms with Gasteiger partial charge in [-0.25, -0.2) is 4.98 Å². The van der Waals surface area contributed by atoms with Crippen LogP contribution in [0.4, 0.5) is 13.2 Å². The van der Waals surface area contributed by atoms with Gasteiger partial charge in [0.15, 0.2) is 0 Å². The summed E-state index contributed by atoms with van der Waals surface area (Å²) in [5.41, 5.74) is 2.74. The van der Waals surface area contributed by atoms with Crippen molar-refractivity contribution in [2.24, 2.45) is 0 Å². The number of aryl methyl sites for hydroxylation is 1. The van der Waals surface area contributed by atoms with Crippen LogP contribution in [0.2, 0.25) is 0 Å². The van der Waals surface area contributed by atoms with Gasteiger partial charge in [-0.05, 0) is 24.6 Å². The molecule has 1 aromatic heterocycles. The molecule has 0 bridgehead atoms. The molecule has 0 aliphatic heterocycles. The number of amides is 1. The van der Waals surface area contributed by atoms with E-state index in [9.17, 15) is 18.0 Å². The van der Waals surface area contributed by atoms with Gasteiger partial charge in [-0.15, -0.1) is 11.3 Å². The van der Waals surface area contributed by atoms with Crippen molar-refractivity contribution in [1.29, 1.82) is 0 Å². The fraction of sp³-hybridized carbons (Fsp3) is 0.200. The van der Waals surface area contributed by atoms with Crippen LogP contribution in [-0.2, 0) is 23.9 Å². The van der Waals surface area contributed by atoms with Crippen LogP contribution in [-0.4, -0.2) is 10.9 Å². The van der Waals surface area contributed by atoms with Gasteiger partial charge in [0, 0.05) is 17.5 Å². The monoisotopic (exact) mass is 390 g/mol. The first-order valence-electron chi connectivity index (χ1n) is 8.25. The molecule has 2 aromatic carbocycles. The van der Waals surface area contributed by atoms with Gasteiger partial charge < -0.3 is 5.32 Å². The highest BCUT2D eigenvalue weighted by Gasteiger charge is 2.29. The number of carbonyl (C=O) groups is 1. The van der Waals surface area contributed by atoms with E-state index in [0.29, 0.717) is 11.3 Å². The Kier molecular flexibility index (Phi) is 5.60. The molecule has 0 fully saturated rings. The van der Waals surface area contributed by atoms with Crippen LogP contribution in [0.3, 0.4) is 0 Å². The molecule has 1 amide bonds. The number of nitrogens with zero attached hydrogens (tertiary/aromatic N) is 1. The lowest BCUT2D eigenvalue weighted by molar-refractivity contribution is -0.137. The van der Waals surface area contributed by atoms with Gasteiger partial charge in [0.1, 0.15) is 5.01 Å². The molecule has 1 N–H and O–H groups in total. The van der Waals surface area contributed by atoms with E-state index in [-0.39, 0.29) is 18.9 Å². The second-order valence-corrected chi connectivity index (χ2v) is 7.02. The lowest BCUT2D eigenvalue weighted by Crippen LogP contribution is -2.24. The molecule has 0 spiro atoms. The number of hydrogen-bond donors (Lipinski definition) is 1. The second kappa shape index (κ2) is 7.92. The number of alkyl halides is 3. The molecule has 7 heteroatoms. The molecule has 0 saturated carbocycles. The van der Waals surface area contributed by atoms with Crippen molar-refractivity contribution in [2.45, 2.75) is 26.1 Å². The van der Waals surface area contributed by atoms with Gasteiger partial charge in [-0.3, -0.25) is 4.79 Å². The Morgan fingerprint density at radius 2 is 1.74 bits per heavy atom. The number of nitrogens with one attached hydrogen (secondary N) is 1. The number of thiazole rings is 1. The molecule has 0 radical (unpaired) electrons. The molecule has 1 heterocycles. The van der Waals surface area contributed by atoms with Gasteiger partial charge in [0.2, 0.25) is 5.91 Å². The third-order valence-corrected chi connectivity index (χ3v) is 4.90. The first kappa shape index (κ1) is 19.1. The fourth-order valence-corrected chi connectivity index (χ4v) is 3.28. The van der Waals surface area contributed by atoms with Crippen molar-refractivity contribution in [1.82, 2.24) is 10.3 Å². The van der Waals surface area contributed by atoms with Crippen LogP contribution in [0.1, 0.15) is 22.4 Å². The molecular weight excluding hydrogens is 373 g/mol. The molecule has 0 atom stereocenters. The van der Waals surface area contributed by atoms with Crippen LogP contribution < -0.4 is 5.32 Å². The predicted octanol–water partition coefficient (Wildman–Crippen LogP) is 5.00. The highest BCUT2D eigenvalue weighted by molar-refractivity contribution is 7.13. The van der Waals surface area contributed by atoms with Crippen LogP contribution in [0, 0.1) is 6.92 Å². The summed E-state index contributed by atoms with van der Waals surface area (Å²) in [4.78, 5) is 16.6. The van der Waals surface area contributed by atoms with E-state index in [1.165, 1.54) is 23.5 Å². The van der Waals surface area contributed by atoms with Gasteiger partial charge in [-0.2, -0.15) is 13.2 Å². The maximum atomic E-state index is 12.5. The van der Waals surface area contributed by atoms with Crippen LogP contribution in [0.15, 0.2) is 53.9 Å². The number of rotatable bonds is 5. The molecular formula is C20H17F3N2OS. The number of carbonyl (C=O) groups excluding carboxylic acids is 1. The number of halogens is 3. The van der Waals surface area contributed by atoms with E-state index in [1.807, 2.05) is 36.6 Å². The molecule has 3 aromatic rings. The maximum absolute atomic E-state index is 12.5. The van der Waals surface area contributed by atoms with E-state index in [2.05, 4.69) is 10.3 Å². The average Bonchev–Trinajstić information content (AvgIpc) is 3.08. The molecule has 0 saturated heterocycles. The fourth-order valence-electron chi connectivity index (χ4n) is 2.46. The minimum Gasteiger partial charge on any atom is -0.352 e. The smallest absolute Gasteiger partial charge is 0.352 e. The first-order valence-corrected chi connectivity index (χ1v) is 9.13. The van der Waals surface area contributed by atoms with Crippen molar-refractivity contribution >= 4 is 17.2 Å². The van der Waals surface area contributed by atoms with Crippen molar-refractivity contribution in [2.75, 3.05) is 0 Å². The molecule has 0 aliphatic carbocycles. The number of aromatic nitrogens is 1. The summed E-state index contributed by atoms with van der Waals surface area (Å²) in [5, 5.41) is 5.39. The summed E-state index contributed by atoms with van der Waals surface area (Å²) in [5.74, 6) is -0.226. The van der Waals surface area contributed by atoms with Gasteiger partial charge >= 0.3 is 6.18 Å². The summed E-state index contributed by atoms with van der Waals surface area (Å²) in [7, 11) is 0. The SMILES string of the molecule is Cc1ccc(-c2nc(CC(=O)NCc3ccc(C(F)(F)F)cc3)cs2)cc1. The molecule has 3 rings (SSSR count). The Labute approximate surface area is 158 Å². The third-order valence-electron chi connectivity index (χ3n) is 3.96. The molecule has 0 aliphatic rings. The summed E-state index contributed by atoms with van der Waals surface area (Å²) < 4.78 is 37.6. The maximum Gasteiger partial charge on any atom is 0.416 e. The van der Waals surface area contributed by atoms with Crippen LogP contribution in [0.5, 0.6) is 0 Å². The Morgan fingerprint density at radius 1 is 1.07 bits per heavy atom. The lowest BCUT2D eigenvalue weighted by Gasteiger charge is -2.08. The van der Waals surface area contributed by atoms with E-state index < -0.39 is 11.7 Å². The standard InChI is InChI=1S/C20H17F3N2OS/c1-13-2-6-15(7-3-13)19-25-17(12-27-19)10-18(26)24-11-14-4-8-16(9-5-14)20(21,22)23/h2-9,12H,10-11H2,1H3,(H,24,26). The lowest BCUT2D eigenvalue weighted by atomic mass is 10.1. The van der Waals surface area contributed by atoms with Crippen molar-refractivity contribution in [3.05, 3.63) is 76.3 Å². The molecule has 3 nitrogen and oxygen atoms in total. The highest BCUT2D eigenvalue weighted by atomic mass is 32.1. The Hall–Kier alpha value is -2.67. The van der Waals surface area contributed by atoms with Crippen molar-refractivity contribution in [3.8, 4) is 10.6 Å². The summed E-state index contributed by atoms with van der Waals surface area (Å²) in [6.07, 6.45) is -4.23.